The second kappa shape index (κ2) is 8.51. The summed E-state index contributed by atoms with van der Waals surface area (Å²) in [4.78, 5) is 38.8. The number of aromatic nitrogens is 3. The molecule has 0 amide bonds. The van der Waals surface area contributed by atoms with Crippen LogP contribution in [0.4, 0.5) is 0 Å². The zero-order chi connectivity index (χ0) is 24.0. The van der Waals surface area contributed by atoms with Crippen molar-refractivity contribution < 1.29 is 13.2 Å². The fraction of sp³-hybridized carbons (Fsp3) is 0.409. The van der Waals surface area contributed by atoms with Gasteiger partial charge in [0, 0.05) is 44.1 Å². The Hall–Kier alpha value is -2.98. The Bertz CT molecular complexity index is 1440. The van der Waals surface area contributed by atoms with Gasteiger partial charge in [0.05, 0.1) is 22.5 Å². The van der Waals surface area contributed by atoms with Crippen LogP contribution in [0.15, 0.2) is 38.8 Å². The van der Waals surface area contributed by atoms with E-state index in [1.807, 2.05) is 25.3 Å². The normalized spacial score (nSPS) is 12.1. The van der Waals surface area contributed by atoms with E-state index < -0.39 is 21.1 Å². The number of ketones is 1. The molecule has 10 heteroatoms. The van der Waals surface area contributed by atoms with Crippen LogP contribution in [0.5, 0.6) is 0 Å². The summed E-state index contributed by atoms with van der Waals surface area (Å²) in [6, 6.07) is 6.01. The first kappa shape index (κ1) is 23.7. The van der Waals surface area contributed by atoms with Gasteiger partial charge < -0.3 is 9.13 Å². The Morgan fingerprint density at radius 2 is 1.50 bits per heavy atom. The van der Waals surface area contributed by atoms with Crippen LogP contribution in [-0.4, -0.2) is 46.3 Å². The minimum Gasteiger partial charge on any atom is -0.349 e. The summed E-state index contributed by atoms with van der Waals surface area (Å²) in [5.41, 5.74) is 1.17. The summed E-state index contributed by atoms with van der Waals surface area (Å²) in [6.07, 6.45) is 0. The molecule has 0 unspecified atom stereocenters. The van der Waals surface area contributed by atoms with Crippen molar-refractivity contribution in [3.8, 4) is 0 Å². The van der Waals surface area contributed by atoms with E-state index in [2.05, 4.69) is 0 Å². The van der Waals surface area contributed by atoms with Gasteiger partial charge in [-0.25, -0.2) is 12.7 Å². The molecule has 0 bridgehead atoms. The summed E-state index contributed by atoms with van der Waals surface area (Å²) < 4.78 is 30.7. The van der Waals surface area contributed by atoms with Gasteiger partial charge in [-0.1, -0.05) is 0 Å². The Kier molecular flexibility index (Phi) is 6.30. The number of carbonyl (C=O) groups is 1. The lowest BCUT2D eigenvalue weighted by molar-refractivity contribution is 0.0971. The van der Waals surface area contributed by atoms with Crippen LogP contribution in [0.1, 0.15) is 35.6 Å². The second-order valence-corrected chi connectivity index (χ2v) is 9.98. The number of rotatable bonds is 7. The fourth-order valence-electron chi connectivity index (χ4n) is 4.04. The number of nitrogens with zero attached hydrogens (tertiary/aromatic N) is 4. The Morgan fingerprint density at radius 3 is 2.03 bits per heavy atom. The van der Waals surface area contributed by atoms with Crippen molar-refractivity contribution in [3.05, 3.63) is 61.9 Å². The number of carbonyl (C=O) groups excluding carboxylic acids is 1. The third-order valence-corrected chi connectivity index (χ3v) is 7.60. The molecule has 9 nitrogen and oxygen atoms in total. The summed E-state index contributed by atoms with van der Waals surface area (Å²) in [6.45, 7) is 8.00. The highest BCUT2D eigenvalue weighted by atomic mass is 32.2. The van der Waals surface area contributed by atoms with Crippen molar-refractivity contribution in [2.24, 2.45) is 0 Å². The highest BCUT2D eigenvalue weighted by molar-refractivity contribution is 7.89. The molecule has 0 saturated heterocycles. The fourth-order valence-corrected chi connectivity index (χ4v) is 4.96. The molecule has 172 valence electrons. The third kappa shape index (κ3) is 3.73. The van der Waals surface area contributed by atoms with Crippen LogP contribution in [0.2, 0.25) is 0 Å². The number of Topliss-reactive ketones (excluding diaryl/α,β-unsaturated/α-hetero) is 1. The molecule has 0 N–H and O–H groups in total. The van der Waals surface area contributed by atoms with E-state index >= 15 is 0 Å². The molecule has 0 spiro atoms. The van der Waals surface area contributed by atoms with Crippen molar-refractivity contribution in [1.29, 1.82) is 0 Å². The molecule has 2 aromatic heterocycles. The van der Waals surface area contributed by atoms with Crippen molar-refractivity contribution >= 4 is 26.8 Å². The molecule has 32 heavy (non-hydrogen) atoms. The average Bonchev–Trinajstić information content (AvgIpc) is 3.04. The van der Waals surface area contributed by atoms with Crippen LogP contribution < -0.4 is 11.1 Å². The third-order valence-electron chi connectivity index (χ3n) is 5.79. The highest BCUT2D eigenvalue weighted by Crippen LogP contribution is 2.21. The number of hydrogen-bond donors (Lipinski definition) is 0. The lowest BCUT2D eigenvalue weighted by Gasteiger charge is -2.16. The van der Waals surface area contributed by atoms with E-state index in [4.69, 9.17) is 0 Å². The van der Waals surface area contributed by atoms with Crippen LogP contribution in [0.25, 0.3) is 11.0 Å². The number of aryl methyl sites for hydroxylation is 2. The maximum Gasteiger partial charge on any atom is 0.317 e. The van der Waals surface area contributed by atoms with Gasteiger partial charge in [0.2, 0.25) is 10.0 Å². The molecule has 3 rings (SSSR count). The number of sulfonamides is 1. The van der Waals surface area contributed by atoms with Gasteiger partial charge in [0.1, 0.15) is 0 Å². The van der Waals surface area contributed by atoms with Gasteiger partial charge in [-0.15, -0.1) is 0 Å². The standard InChI is InChI=1S/C22H28N4O5S/c1-7-24-14(3)11-17(15(24)4)20(27)13-26-19-12-16(32(30,31)23(5)6)9-10-18(19)25(8-2)21(28)22(26)29/h9-12H,7-8,13H2,1-6H3. The van der Waals surface area contributed by atoms with Crippen molar-refractivity contribution in [1.82, 2.24) is 18.0 Å². The summed E-state index contributed by atoms with van der Waals surface area (Å²) in [5, 5.41) is 0. The van der Waals surface area contributed by atoms with Crippen molar-refractivity contribution in [2.75, 3.05) is 14.1 Å². The van der Waals surface area contributed by atoms with E-state index in [-0.39, 0.29) is 29.3 Å². The monoisotopic (exact) mass is 460 g/mol. The van der Waals surface area contributed by atoms with E-state index in [9.17, 15) is 22.8 Å². The molecule has 3 aromatic rings. The molecule has 0 saturated carbocycles. The number of fused-ring (bicyclic) bond motifs is 1. The van der Waals surface area contributed by atoms with Crippen LogP contribution in [-0.2, 0) is 29.7 Å². The molecular formula is C22H28N4O5S. The quantitative estimate of drug-likeness (QED) is 0.395. The van der Waals surface area contributed by atoms with Crippen molar-refractivity contribution in [2.45, 2.75) is 52.2 Å². The van der Waals surface area contributed by atoms with Crippen LogP contribution in [0.3, 0.4) is 0 Å². The largest absolute Gasteiger partial charge is 0.349 e. The first-order chi connectivity index (χ1) is 14.9. The minimum absolute atomic E-state index is 0.0268. The smallest absolute Gasteiger partial charge is 0.317 e. The summed E-state index contributed by atoms with van der Waals surface area (Å²) in [5.74, 6) is -0.323. The molecule has 2 heterocycles. The number of benzene rings is 1. The predicted octanol–water partition coefficient (Wildman–Crippen LogP) is 1.75. The molecule has 0 aliphatic heterocycles. The van der Waals surface area contributed by atoms with Gasteiger partial charge in [-0.05, 0) is 52.0 Å². The maximum atomic E-state index is 13.2. The highest BCUT2D eigenvalue weighted by Gasteiger charge is 2.22. The van der Waals surface area contributed by atoms with Gasteiger partial charge in [-0.2, -0.15) is 0 Å². The predicted molar refractivity (Wildman–Crippen MR) is 123 cm³/mol. The average molecular weight is 461 g/mol. The Morgan fingerprint density at radius 1 is 0.906 bits per heavy atom. The SMILES string of the molecule is CCn1c(C)cc(C(=O)Cn2c(=O)c(=O)n(CC)c3ccc(S(=O)(=O)N(C)C)cc32)c1C. The molecule has 0 radical (unpaired) electrons. The molecular weight excluding hydrogens is 432 g/mol. The van der Waals surface area contributed by atoms with E-state index in [0.717, 1.165) is 20.3 Å². The zero-order valence-electron chi connectivity index (χ0n) is 19.2. The number of hydrogen-bond acceptors (Lipinski definition) is 5. The van der Waals surface area contributed by atoms with E-state index in [1.165, 1.54) is 36.9 Å². The second-order valence-electron chi connectivity index (χ2n) is 7.83. The van der Waals surface area contributed by atoms with Crippen LogP contribution >= 0.6 is 0 Å². The lowest BCUT2D eigenvalue weighted by atomic mass is 10.1. The zero-order valence-corrected chi connectivity index (χ0v) is 20.0. The van der Waals surface area contributed by atoms with Gasteiger partial charge >= 0.3 is 11.1 Å². The van der Waals surface area contributed by atoms with Gasteiger partial charge in [0.25, 0.3) is 0 Å². The van der Waals surface area contributed by atoms with Gasteiger partial charge in [0.15, 0.2) is 5.78 Å². The van der Waals surface area contributed by atoms with E-state index in [0.29, 0.717) is 17.6 Å². The molecule has 0 aliphatic rings. The maximum absolute atomic E-state index is 13.2. The molecule has 0 atom stereocenters. The topological polar surface area (TPSA) is 103 Å². The summed E-state index contributed by atoms with van der Waals surface area (Å²) >= 11 is 0. The summed E-state index contributed by atoms with van der Waals surface area (Å²) in [7, 11) is -0.960. The molecule has 0 aliphatic carbocycles. The molecule has 0 fully saturated rings. The lowest BCUT2D eigenvalue weighted by Crippen LogP contribution is -2.42. The van der Waals surface area contributed by atoms with E-state index in [1.54, 1.807) is 13.0 Å². The van der Waals surface area contributed by atoms with Crippen LogP contribution in [0, 0.1) is 13.8 Å². The Labute approximate surface area is 186 Å². The van der Waals surface area contributed by atoms with Crippen molar-refractivity contribution in [3.63, 3.8) is 0 Å². The minimum atomic E-state index is -3.78. The van der Waals surface area contributed by atoms with Gasteiger partial charge in [-0.3, -0.25) is 19.0 Å². The first-order valence-corrected chi connectivity index (χ1v) is 11.8. The first-order valence-electron chi connectivity index (χ1n) is 10.4. The molecule has 1 aromatic carbocycles. The Balaban J connectivity index is 2.28.